The second-order valence-electron chi connectivity index (χ2n) is 6.75. The summed E-state index contributed by atoms with van der Waals surface area (Å²) in [5, 5.41) is 12.5. The molecule has 0 aromatic rings. The van der Waals surface area contributed by atoms with Gasteiger partial charge < -0.3 is 10.2 Å². The molecular weight excluding hydrogens is 296 g/mol. The number of nitrogens with zero attached hydrogens (tertiary/aromatic N) is 3. The average molecular weight is 322 g/mol. The summed E-state index contributed by atoms with van der Waals surface area (Å²) in [4.78, 5) is 16.5. The summed E-state index contributed by atoms with van der Waals surface area (Å²) in [7, 11) is 0. The third-order valence-corrected chi connectivity index (χ3v) is 6.17. The van der Waals surface area contributed by atoms with E-state index >= 15 is 0 Å². The van der Waals surface area contributed by atoms with Gasteiger partial charge in [0.1, 0.15) is 6.04 Å². The van der Waals surface area contributed by atoms with Gasteiger partial charge in [-0.2, -0.15) is 5.26 Å². The van der Waals surface area contributed by atoms with Crippen LogP contribution in [-0.4, -0.2) is 65.6 Å². The quantitative estimate of drug-likeness (QED) is 0.826. The van der Waals surface area contributed by atoms with Crippen LogP contribution in [0.5, 0.6) is 0 Å². The normalized spacial score (nSPS) is 32.5. The molecule has 6 heteroatoms. The van der Waals surface area contributed by atoms with Gasteiger partial charge in [-0.3, -0.25) is 9.69 Å². The molecule has 0 spiro atoms. The van der Waals surface area contributed by atoms with E-state index in [0.717, 1.165) is 25.3 Å². The van der Waals surface area contributed by atoms with Crippen molar-refractivity contribution in [2.24, 2.45) is 5.92 Å². The molecule has 0 aromatic carbocycles. The second-order valence-corrected chi connectivity index (χ2v) is 7.82. The van der Waals surface area contributed by atoms with Crippen molar-refractivity contribution in [2.45, 2.75) is 44.2 Å². The maximum absolute atomic E-state index is 12.2. The number of carbonyl (C=O) groups is 1. The van der Waals surface area contributed by atoms with Crippen LogP contribution < -0.4 is 5.32 Å². The van der Waals surface area contributed by atoms with Crippen LogP contribution in [0.1, 0.15) is 32.1 Å². The third-order valence-electron chi connectivity index (χ3n) is 5.15. The van der Waals surface area contributed by atoms with E-state index in [1.54, 1.807) is 4.90 Å². The van der Waals surface area contributed by atoms with Gasteiger partial charge in [0.05, 0.1) is 12.6 Å². The summed E-state index contributed by atoms with van der Waals surface area (Å²) in [5.41, 5.74) is 0. The van der Waals surface area contributed by atoms with Gasteiger partial charge in [-0.05, 0) is 38.0 Å². The van der Waals surface area contributed by atoms with Gasteiger partial charge in [0.15, 0.2) is 0 Å². The molecule has 3 atom stereocenters. The number of hydrogen-bond acceptors (Lipinski definition) is 5. The highest BCUT2D eigenvalue weighted by atomic mass is 32.2. The fourth-order valence-corrected chi connectivity index (χ4v) is 4.93. The molecule has 0 bridgehead atoms. The van der Waals surface area contributed by atoms with Crippen LogP contribution in [-0.2, 0) is 4.79 Å². The lowest BCUT2D eigenvalue weighted by molar-refractivity contribution is -0.130. The Kier molecular flexibility index (Phi) is 5.61. The minimum absolute atomic E-state index is 0.100. The summed E-state index contributed by atoms with van der Waals surface area (Å²) in [6, 6.07) is 2.52. The van der Waals surface area contributed by atoms with Gasteiger partial charge in [0.25, 0.3) is 0 Å². The zero-order valence-corrected chi connectivity index (χ0v) is 14.0. The molecule has 1 aliphatic carbocycles. The van der Waals surface area contributed by atoms with E-state index in [0.29, 0.717) is 12.6 Å². The lowest BCUT2D eigenvalue weighted by Gasteiger charge is -2.22. The number of thioether (sulfide) groups is 1. The van der Waals surface area contributed by atoms with Crippen molar-refractivity contribution in [3.05, 3.63) is 0 Å². The molecule has 5 nitrogen and oxygen atoms in total. The van der Waals surface area contributed by atoms with Crippen molar-refractivity contribution in [3.8, 4) is 6.07 Å². The molecule has 1 amide bonds. The molecule has 3 rings (SSSR count). The van der Waals surface area contributed by atoms with Gasteiger partial charge in [0.2, 0.25) is 5.91 Å². The van der Waals surface area contributed by atoms with E-state index in [1.165, 1.54) is 44.0 Å². The molecule has 122 valence electrons. The summed E-state index contributed by atoms with van der Waals surface area (Å²) in [6.07, 6.45) is 5.44. The van der Waals surface area contributed by atoms with Gasteiger partial charge >= 0.3 is 0 Å². The maximum atomic E-state index is 12.2. The summed E-state index contributed by atoms with van der Waals surface area (Å²) < 4.78 is 0. The highest BCUT2D eigenvalue weighted by molar-refractivity contribution is 7.99. The average Bonchev–Trinajstić information content (AvgIpc) is 3.26. The fraction of sp³-hybridized carbons (Fsp3) is 0.875. The number of likely N-dealkylation sites (tertiary alicyclic amines) is 1. The van der Waals surface area contributed by atoms with E-state index in [9.17, 15) is 4.79 Å². The zero-order valence-electron chi connectivity index (χ0n) is 13.2. The molecule has 22 heavy (non-hydrogen) atoms. The molecule has 3 fully saturated rings. The predicted molar refractivity (Wildman–Crippen MR) is 88.4 cm³/mol. The first-order valence-electron chi connectivity index (χ1n) is 8.49. The zero-order chi connectivity index (χ0) is 15.4. The topological polar surface area (TPSA) is 59.4 Å². The van der Waals surface area contributed by atoms with Gasteiger partial charge in [0, 0.05) is 37.3 Å². The molecule has 2 heterocycles. The summed E-state index contributed by atoms with van der Waals surface area (Å²) in [5.74, 6) is 3.35. The van der Waals surface area contributed by atoms with Crippen LogP contribution in [0.3, 0.4) is 0 Å². The Morgan fingerprint density at radius 1 is 1.32 bits per heavy atom. The Hall–Kier alpha value is -0.770. The van der Waals surface area contributed by atoms with E-state index in [2.05, 4.69) is 16.3 Å². The highest BCUT2D eigenvalue weighted by Gasteiger charge is 2.30. The summed E-state index contributed by atoms with van der Waals surface area (Å²) >= 11 is 2.03. The van der Waals surface area contributed by atoms with Gasteiger partial charge in [-0.15, -0.1) is 11.8 Å². The fourth-order valence-electron chi connectivity index (χ4n) is 3.92. The molecular formula is C16H26N4OS. The third kappa shape index (κ3) is 3.95. The monoisotopic (exact) mass is 322 g/mol. The van der Waals surface area contributed by atoms with Crippen LogP contribution in [0.4, 0.5) is 0 Å². The Bertz CT molecular complexity index is 432. The standard InChI is InChI=1S/C16H26N4OS/c17-9-15-2-1-5-20(15)16(21)10-18-14-4-3-13(8-14)11-19-6-7-22-12-19/h13-15,18H,1-8,10-12H2. The summed E-state index contributed by atoms with van der Waals surface area (Å²) in [6.45, 7) is 3.61. The van der Waals surface area contributed by atoms with Crippen molar-refractivity contribution < 1.29 is 4.79 Å². The molecule has 1 saturated carbocycles. The van der Waals surface area contributed by atoms with Crippen molar-refractivity contribution >= 4 is 17.7 Å². The van der Waals surface area contributed by atoms with Crippen LogP contribution in [0.15, 0.2) is 0 Å². The first-order valence-corrected chi connectivity index (χ1v) is 9.64. The van der Waals surface area contributed by atoms with Crippen molar-refractivity contribution in [3.63, 3.8) is 0 Å². The van der Waals surface area contributed by atoms with Crippen LogP contribution in [0, 0.1) is 17.2 Å². The van der Waals surface area contributed by atoms with E-state index < -0.39 is 0 Å². The predicted octanol–water partition coefficient (Wildman–Crippen LogP) is 1.27. The van der Waals surface area contributed by atoms with E-state index in [-0.39, 0.29) is 11.9 Å². The number of carbonyl (C=O) groups excluding carboxylic acids is 1. The Morgan fingerprint density at radius 3 is 3.00 bits per heavy atom. The van der Waals surface area contributed by atoms with Crippen molar-refractivity contribution in [2.75, 3.05) is 37.8 Å². The van der Waals surface area contributed by atoms with Gasteiger partial charge in [-0.25, -0.2) is 0 Å². The number of rotatable bonds is 5. The minimum Gasteiger partial charge on any atom is -0.326 e. The molecule has 3 unspecified atom stereocenters. The molecule has 2 aliphatic heterocycles. The molecule has 0 radical (unpaired) electrons. The van der Waals surface area contributed by atoms with Crippen molar-refractivity contribution in [1.82, 2.24) is 15.1 Å². The highest BCUT2D eigenvalue weighted by Crippen LogP contribution is 2.28. The SMILES string of the molecule is N#CC1CCCN1C(=O)CNC1CCC(CN2CCSC2)C1. The van der Waals surface area contributed by atoms with Crippen LogP contribution in [0.25, 0.3) is 0 Å². The Labute approximate surface area is 137 Å². The first kappa shape index (κ1) is 16.1. The number of hydrogen-bond donors (Lipinski definition) is 1. The Morgan fingerprint density at radius 2 is 2.23 bits per heavy atom. The molecule has 2 saturated heterocycles. The second kappa shape index (κ2) is 7.67. The number of nitrogens with one attached hydrogen (secondary N) is 1. The van der Waals surface area contributed by atoms with Crippen LogP contribution >= 0.6 is 11.8 Å². The maximum Gasteiger partial charge on any atom is 0.237 e. The largest absolute Gasteiger partial charge is 0.326 e. The lowest BCUT2D eigenvalue weighted by Crippen LogP contribution is -2.43. The number of nitriles is 1. The molecule has 0 aromatic heterocycles. The lowest BCUT2D eigenvalue weighted by atomic mass is 10.1. The van der Waals surface area contributed by atoms with Crippen molar-refractivity contribution in [1.29, 1.82) is 5.26 Å². The Balaban J connectivity index is 1.37. The number of amides is 1. The van der Waals surface area contributed by atoms with Crippen LogP contribution in [0.2, 0.25) is 0 Å². The van der Waals surface area contributed by atoms with Gasteiger partial charge in [-0.1, -0.05) is 0 Å². The first-order chi connectivity index (χ1) is 10.8. The van der Waals surface area contributed by atoms with E-state index in [4.69, 9.17) is 5.26 Å². The van der Waals surface area contributed by atoms with E-state index in [1.807, 2.05) is 11.8 Å². The molecule has 3 aliphatic rings. The molecule has 1 N–H and O–H groups in total. The smallest absolute Gasteiger partial charge is 0.237 e. The minimum atomic E-state index is -0.196.